The molecule has 294 valence electrons. The van der Waals surface area contributed by atoms with Gasteiger partial charge in [-0.3, -0.25) is 0 Å². The molecule has 0 saturated heterocycles. The molecule has 3 aliphatic carbocycles. The second kappa shape index (κ2) is 15.8. The van der Waals surface area contributed by atoms with Crippen molar-refractivity contribution in [2.45, 2.75) is 81.5 Å². The van der Waals surface area contributed by atoms with Gasteiger partial charge in [0.05, 0.1) is 11.1 Å². The number of nitrogens with zero attached hydrogens (tertiary/aromatic N) is 1. The molecule has 0 aromatic heterocycles. The number of benzene rings is 8. The zero-order chi connectivity index (χ0) is 39.9. The first-order valence-corrected chi connectivity index (χ1v) is 22.7. The lowest BCUT2D eigenvalue weighted by Crippen LogP contribution is -2.29. The number of anilines is 3. The third kappa shape index (κ3) is 6.21. The van der Waals surface area contributed by atoms with Crippen LogP contribution in [-0.2, 0) is 5.41 Å². The highest BCUT2D eigenvalue weighted by molar-refractivity contribution is 6.05. The monoisotopic (exact) mass is 775 g/mol. The molecule has 0 radical (unpaired) electrons. The van der Waals surface area contributed by atoms with E-state index in [1.54, 1.807) is 0 Å². The molecule has 0 bridgehead atoms. The molecule has 0 amide bonds. The van der Waals surface area contributed by atoms with E-state index < -0.39 is 5.41 Å². The molecular weight excluding hydrogens is 723 g/mol. The summed E-state index contributed by atoms with van der Waals surface area (Å²) in [6, 6.07) is 71.7. The Hall–Kier alpha value is -6.18. The van der Waals surface area contributed by atoms with E-state index in [1.807, 2.05) is 0 Å². The largest absolute Gasteiger partial charge is 0.310 e. The van der Waals surface area contributed by atoms with Gasteiger partial charge in [0.15, 0.2) is 0 Å². The minimum absolute atomic E-state index is 0.490. The molecule has 1 nitrogen and oxygen atoms in total. The lowest BCUT2D eigenvalue weighted by molar-refractivity contribution is 0.443. The molecule has 60 heavy (non-hydrogen) atoms. The quantitative estimate of drug-likeness (QED) is 0.149. The van der Waals surface area contributed by atoms with Crippen LogP contribution in [0.15, 0.2) is 188 Å². The molecule has 8 aromatic carbocycles. The highest BCUT2D eigenvalue weighted by Gasteiger charge is 2.47. The van der Waals surface area contributed by atoms with Crippen molar-refractivity contribution in [2.24, 2.45) is 0 Å². The van der Waals surface area contributed by atoms with Crippen molar-refractivity contribution in [3.8, 4) is 22.3 Å². The van der Waals surface area contributed by atoms with Gasteiger partial charge < -0.3 is 4.90 Å². The second-order valence-electron chi connectivity index (χ2n) is 17.6. The van der Waals surface area contributed by atoms with Gasteiger partial charge in [0.2, 0.25) is 0 Å². The van der Waals surface area contributed by atoms with Gasteiger partial charge in [0.25, 0.3) is 0 Å². The molecule has 0 atom stereocenters. The number of hydrogen-bond donors (Lipinski definition) is 0. The van der Waals surface area contributed by atoms with E-state index in [2.05, 4.69) is 193 Å². The van der Waals surface area contributed by atoms with Crippen LogP contribution >= 0.6 is 0 Å². The molecule has 2 saturated carbocycles. The summed E-state index contributed by atoms with van der Waals surface area (Å²) < 4.78 is 0. The van der Waals surface area contributed by atoms with Crippen LogP contribution in [0.1, 0.15) is 109 Å². The first-order chi connectivity index (χ1) is 29.8. The van der Waals surface area contributed by atoms with E-state index in [0.717, 1.165) is 0 Å². The molecule has 0 N–H and O–H groups in total. The fraction of sp³-hybridized carbons (Fsp3) is 0.220. The Labute approximate surface area is 356 Å². The topological polar surface area (TPSA) is 3.24 Å². The average Bonchev–Trinajstić information content (AvgIpc) is 3.64. The molecule has 11 rings (SSSR count). The van der Waals surface area contributed by atoms with Crippen LogP contribution in [0.25, 0.3) is 33.0 Å². The smallest absolute Gasteiger partial charge is 0.0714 e. The van der Waals surface area contributed by atoms with Gasteiger partial charge in [-0.15, -0.1) is 0 Å². The van der Waals surface area contributed by atoms with Crippen molar-refractivity contribution in [3.05, 3.63) is 221 Å². The Kier molecular flexibility index (Phi) is 9.69. The van der Waals surface area contributed by atoms with E-state index in [-0.39, 0.29) is 0 Å². The summed E-state index contributed by atoms with van der Waals surface area (Å²) in [7, 11) is 0. The predicted octanol–water partition coefficient (Wildman–Crippen LogP) is 16.4. The lowest BCUT2D eigenvalue weighted by Gasteiger charge is -2.35. The summed E-state index contributed by atoms with van der Waals surface area (Å²) in [6.45, 7) is 0. The van der Waals surface area contributed by atoms with E-state index in [1.165, 1.54) is 148 Å². The maximum absolute atomic E-state index is 2.57. The van der Waals surface area contributed by atoms with Gasteiger partial charge in [-0.2, -0.15) is 0 Å². The maximum atomic E-state index is 2.57. The Bertz CT molecular complexity index is 2720. The van der Waals surface area contributed by atoms with Crippen LogP contribution < -0.4 is 4.90 Å². The SMILES string of the molecule is c1ccc(-c2c(N(c3ccc(C4CCCCC4)cc3)c3ccc4c(c3)C(c3ccccc3)(c3ccccc3)c3cccc(C5CCCCC5)c3-4)ccc3ccccc23)cc1. The highest BCUT2D eigenvalue weighted by atomic mass is 15.1. The summed E-state index contributed by atoms with van der Waals surface area (Å²) in [5, 5.41) is 2.51. The number of rotatable bonds is 8. The van der Waals surface area contributed by atoms with Crippen molar-refractivity contribution in [3.63, 3.8) is 0 Å². The molecular formula is C59H53N. The van der Waals surface area contributed by atoms with E-state index in [9.17, 15) is 0 Å². The van der Waals surface area contributed by atoms with E-state index in [4.69, 9.17) is 0 Å². The third-order valence-corrected chi connectivity index (χ3v) is 14.3. The Morgan fingerprint density at radius 3 is 1.70 bits per heavy atom. The van der Waals surface area contributed by atoms with Gasteiger partial charge >= 0.3 is 0 Å². The summed E-state index contributed by atoms with van der Waals surface area (Å²) in [4.78, 5) is 2.56. The van der Waals surface area contributed by atoms with Crippen LogP contribution in [0, 0.1) is 0 Å². The minimum atomic E-state index is -0.490. The molecule has 8 aromatic rings. The van der Waals surface area contributed by atoms with Crippen LogP contribution in [0.4, 0.5) is 17.1 Å². The van der Waals surface area contributed by atoms with Crippen molar-refractivity contribution in [2.75, 3.05) is 4.90 Å². The van der Waals surface area contributed by atoms with Crippen LogP contribution in [0.3, 0.4) is 0 Å². The Morgan fingerprint density at radius 2 is 1.02 bits per heavy atom. The second-order valence-corrected chi connectivity index (χ2v) is 17.6. The fourth-order valence-electron chi connectivity index (χ4n) is 11.6. The Balaban J connectivity index is 1.19. The van der Waals surface area contributed by atoms with Gasteiger partial charge in [-0.1, -0.05) is 196 Å². The zero-order valence-electron chi connectivity index (χ0n) is 34.6. The first kappa shape index (κ1) is 36.9. The number of hydrogen-bond acceptors (Lipinski definition) is 1. The molecule has 2 fully saturated rings. The van der Waals surface area contributed by atoms with Crippen molar-refractivity contribution < 1.29 is 0 Å². The standard InChI is InChI=1S/C59H53N/c1-6-19-42(20-7-1)43-33-36-49(37-34-43)60(56-40-35-45-23-16-17-30-51(45)57(56)46-24-10-3-11-25-46)50-38-39-53-55(41-50)59(47-26-12-4-13-27-47,48-28-14-5-15-29-48)54-32-18-31-52(58(53)54)44-21-8-2-9-22-44/h3-5,10-18,23-42,44H,1-2,6-9,19-22H2. The summed E-state index contributed by atoms with van der Waals surface area (Å²) >= 11 is 0. The summed E-state index contributed by atoms with van der Waals surface area (Å²) in [5.74, 6) is 1.23. The lowest BCUT2D eigenvalue weighted by atomic mass is 9.67. The van der Waals surface area contributed by atoms with Crippen LogP contribution in [0.5, 0.6) is 0 Å². The summed E-state index contributed by atoms with van der Waals surface area (Å²) in [5.41, 5.74) is 16.8. The molecule has 0 unspecified atom stereocenters. The normalized spacial score (nSPS) is 16.3. The molecule has 0 aliphatic heterocycles. The van der Waals surface area contributed by atoms with Crippen LogP contribution in [0.2, 0.25) is 0 Å². The van der Waals surface area contributed by atoms with Crippen molar-refractivity contribution >= 4 is 27.8 Å². The summed E-state index contributed by atoms with van der Waals surface area (Å²) in [6.07, 6.45) is 13.1. The van der Waals surface area contributed by atoms with Gasteiger partial charge in [0.1, 0.15) is 0 Å². The maximum Gasteiger partial charge on any atom is 0.0714 e. The average molecular weight is 776 g/mol. The zero-order valence-corrected chi connectivity index (χ0v) is 34.6. The van der Waals surface area contributed by atoms with Crippen molar-refractivity contribution in [1.29, 1.82) is 0 Å². The fourth-order valence-corrected chi connectivity index (χ4v) is 11.6. The van der Waals surface area contributed by atoms with Gasteiger partial charge in [-0.05, 0) is 129 Å². The van der Waals surface area contributed by atoms with Gasteiger partial charge in [-0.25, -0.2) is 0 Å². The van der Waals surface area contributed by atoms with Crippen molar-refractivity contribution in [1.82, 2.24) is 0 Å². The highest BCUT2D eigenvalue weighted by Crippen LogP contribution is 2.60. The third-order valence-electron chi connectivity index (χ3n) is 14.3. The molecule has 0 heterocycles. The molecule has 0 spiro atoms. The number of fused-ring (bicyclic) bond motifs is 4. The van der Waals surface area contributed by atoms with Crippen LogP contribution in [-0.4, -0.2) is 0 Å². The predicted molar refractivity (Wildman–Crippen MR) is 253 cm³/mol. The Morgan fingerprint density at radius 1 is 0.417 bits per heavy atom. The molecule has 1 heteroatoms. The van der Waals surface area contributed by atoms with E-state index in [0.29, 0.717) is 11.8 Å². The molecule has 3 aliphatic rings. The van der Waals surface area contributed by atoms with Gasteiger partial charge in [0, 0.05) is 16.9 Å². The minimum Gasteiger partial charge on any atom is -0.310 e. The first-order valence-electron chi connectivity index (χ1n) is 22.7. The van der Waals surface area contributed by atoms with E-state index >= 15 is 0 Å².